The van der Waals surface area contributed by atoms with Crippen LogP contribution in [0, 0.1) is 0 Å². The Hall–Kier alpha value is -0.900. The van der Waals surface area contributed by atoms with E-state index in [2.05, 4.69) is 29.4 Å². The van der Waals surface area contributed by atoms with E-state index >= 15 is 0 Å². The van der Waals surface area contributed by atoms with E-state index in [-0.39, 0.29) is 0 Å². The van der Waals surface area contributed by atoms with Crippen molar-refractivity contribution >= 4 is 22.9 Å². The van der Waals surface area contributed by atoms with Crippen LogP contribution in [-0.2, 0) is 6.42 Å². The predicted molar refractivity (Wildman–Crippen MR) is 80.8 cm³/mol. The number of hydrogen-bond acceptors (Lipinski definition) is 3. The number of hydrogen-bond donors (Lipinski definition) is 1. The largest absolute Gasteiger partial charge is 0.301 e. The molecule has 100 valence electrons. The predicted octanol–water partition coefficient (Wildman–Crippen LogP) is 4.52. The molecule has 2 nitrogen and oxygen atoms in total. The lowest BCUT2D eigenvalue weighted by molar-refractivity contribution is 0.432. The van der Waals surface area contributed by atoms with Crippen molar-refractivity contribution in [2.45, 2.75) is 38.3 Å². The Morgan fingerprint density at radius 3 is 3.16 bits per heavy atom. The fourth-order valence-corrected chi connectivity index (χ4v) is 3.75. The van der Waals surface area contributed by atoms with Crippen LogP contribution in [0.1, 0.15) is 48.0 Å². The topological polar surface area (TPSA) is 24.9 Å². The average Bonchev–Trinajstić information content (AvgIpc) is 3.05. The fraction of sp³-hybridized carbons (Fsp3) is 0.400. The van der Waals surface area contributed by atoms with Crippen molar-refractivity contribution in [1.82, 2.24) is 10.3 Å². The Kier molecular flexibility index (Phi) is 3.87. The van der Waals surface area contributed by atoms with E-state index in [9.17, 15) is 0 Å². The Bertz CT molecular complexity index is 553. The van der Waals surface area contributed by atoms with E-state index in [0.29, 0.717) is 12.1 Å². The monoisotopic (exact) mass is 292 g/mol. The van der Waals surface area contributed by atoms with Crippen LogP contribution in [0.4, 0.5) is 0 Å². The minimum atomic E-state index is 0.353. The van der Waals surface area contributed by atoms with Gasteiger partial charge in [0.05, 0.1) is 6.04 Å². The van der Waals surface area contributed by atoms with E-state index in [4.69, 9.17) is 11.6 Å². The van der Waals surface area contributed by atoms with Gasteiger partial charge in [-0.25, -0.2) is 4.98 Å². The van der Waals surface area contributed by atoms with Crippen LogP contribution in [0.2, 0.25) is 5.02 Å². The molecule has 1 aromatic carbocycles. The first-order valence-corrected chi connectivity index (χ1v) is 7.97. The quantitative estimate of drug-likeness (QED) is 0.896. The molecule has 3 rings (SSSR count). The lowest BCUT2D eigenvalue weighted by Gasteiger charge is -2.21. The Morgan fingerprint density at radius 2 is 2.42 bits per heavy atom. The molecule has 2 atom stereocenters. The first kappa shape index (κ1) is 13.1. The van der Waals surface area contributed by atoms with E-state index < -0.39 is 0 Å². The van der Waals surface area contributed by atoms with Crippen molar-refractivity contribution in [2.75, 3.05) is 0 Å². The Balaban J connectivity index is 1.79. The minimum absolute atomic E-state index is 0.353. The third-order valence-corrected chi connectivity index (χ3v) is 4.87. The number of aromatic nitrogens is 1. The van der Waals surface area contributed by atoms with Gasteiger partial charge in [0.25, 0.3) is 0 Å². The molecule has 4 heteroatoms. The molecule has 2 aromatic rings. The number of nitrogens with zero attached hydrogens (tertiary/aromatic N) is 1. The molecule has 1 aliphatic rings. The number of halogens is 1. The van der Waals surface area contributed by atoms with Crippen molar-refractivity contribution in [2.24, 2.45) is 0 Å². The summed E-state index contributed by atoms with van der Waals surface area (Å²) in [6.45, 7) is 2.21. The first-order chi connectivity index (χ1) is 9.28. The molecule has 0 radical (unpaired) electrons. The molecule has 0 aliphatic heterocycles. The number of rotatable bonds is 4. The number of thiazole rings is 1. The summed E-state index contributed by atoms with van der Waals surface area (Å²) in [6, 6.07) is 7.04. The van der Waals surface area contributed by atoms with Gasteiger partial charge in [-0.3, -0.25) is 0 Å². The molecule has 1 N–H and O–H groups in total. The van der Waals surface area contributed by atoms with Crippen molar-refractivity contribution < 1.29 is 0 Å². The molecular formula is C15H17ClN2S. The summed E-state index contributed by atoms with van der Waals surface area (Å²) in [5.74, 6) is 0. The van der Waals surface area contributed by atoms with Gasteiger partial charge < -0.3 is 5.32 Å². The Labute approximate surface area is 122 Å². The van der Waals surface area contributed by atoms with Crippen LogP contribution >= 0.6 is 22.9 Å². The van der Waals surface area contributed by atoms with Gasteiger partial charge in [-0.1, -0.05) is 24.6 Å². The fourth-order valence-electron chi connectivity index (χ4n) is 2.77. The first-order valence-electron chi connectivity index (χ1n) is 6.71. The van der Waals surface area contributed by atoms with Gasteiger partial charge in [0, 0.05) is 22.6 Å². The third kappa shape index (κ3) is 2.69. The van der Waals surface area contributed by atoms with Crippen LogP contribution in [-0.4, -0.2) is 4.98 Å². The lowest BCUT2D eigenvalue weighted by Crippen LogP contribution is -2.24. The molecule has 2 unspecified atom stereocenters. The summed E-state index contributed by atoms with van der Waals surface area (Å²) in [5.41, 5.74) is 2.79. The van der Waals surface area contributed by atoms with Gasteiger partial charge in [0.1, 0.15) is 5.01 Å². The van der Waals surface area contributed by atoms with Gasteiger partial charge in [0.2, 0.25) is 0 Å². The highest BCUT2D eigenvalue weighted by atomic mass is 35.5. The molecule has 1 heterocycles. The second kappa shape index (κ2) is 5.61. The summed E-state index contributed by atoms with van der Waals surface area (Å²) < 4.78 is 0. The molecule has 0 spiro atoms. The second-order valence-corrected chi connectivity index (χ2v) is 6.29. The van der Waals surface area contributed by atoms with Crippen LogP contribution < -0.4 is 5.32 Å². The van der Waals surface area contributed by atoms with Gasteiger partial charge in [0.15, 0.2) is 0 Å². The van der Waals surface area contributed by atoms with Crippen LogP contribution in [0.5, 0.6) is 0 Å². The van der Waals surface area contributed by atoms with Crippen LogP contribution in [0.3, 0.4) is 0 Å². The molecule has 0 bridgehead atoms. The number of aryl methyl sites for hydroxylation is 1. The molecular weight excluding hydrogens is 276 g/mol. The minimum Gasteiger partial charge on any atom is -0.301 e. The number of benzene rings is 1. The standard InChI is InChI=1S/C15H17ClN2S/c1-2-13(15-17-7-8-19-15)18-14-6-3-10-9-11(16)4-5-12(10)14/h4-5,7-9,13-14,18H,2-3,6H2,1H3. The van der Waals surface area contributed by atoms with Gasteiger partial charge in [-0.05, 0) is 42.5 Å². The van der Waals surface area contributed by atoms with E-state index in [1.54, 1.807) is 11.3 Å². The molecule has 1 aliphatic carbocycles. The maximum atomic E-state index is 6.06. The summed E-state index contributed by atoms with van der Waals surface area (Å²) in [4.78, 5) is 4.43. The van der Waals surface area contributed by atoms with E-state index in [1.165, 1.54) is 16.1 Å². The molecule has 19 heavy (non-hydrogen) atoms. The highest BCUT2D eigenvalue weighted by molar-refractivity contribution is 7.09. The lowest BCUT2D eigenvalue weighted by atomic mass is 10.1. The van der Waals surface area contributed by atoms with Crippen molar-refractivity contribution in [3.63, 3.8) is 0 Å². The molecule has 1 aromatic heterocycles. The maximum Gasteiger partial charge on any atom is 0.109 e. The molecule has 0 saturated heterocycles. The maximum absolute atomic E-state index is 6.06. The zero-order valence-corrected chi connectivity index (χ0v) is 12.5. The summed E-state index contributed by atoms with van der Waals surface area (Å²) in [7, 11) is 0. The highest BCUT2D eigenvalue weighted by Crippen LogP contribution is 2.35. The molecule has 0 saturated carbocycles. The van der Waals surface area contributed by atoms with Crippen molar-refractivity contribution in [1.29, 1.82) is 0 Å². The number of nitrogens with one attached hydrogen (secondary N) is 1. The Morgan fingerprint density at radius 1 is 1.53 bits per heavy atom. The molecule has 0 amide bonds. The summed E-state index contributed by atoms with van der Waals surface area (Å²) >= 11 is 7.78. The van der Waals surface area contributed by atoms with Gasteiger partial charge in [-0.2, -0.15) is 0 Å². The third-order valence-electron chi connectivity index (χ3n) is 3.74. The van der Waals surface area contributed by atoms with E-state index in [1.807, 2.05) is 17.6 Å². The summed E-state index contributed by atoms with van der Waals surface area (Å²) in [6.07, 6.45) is 5.21. The normalized spacial score (nSPS) is 19.4. The van der Waals surface area contributed by atoms with Crippen LogP contribution in [0.15, 0.2) is 29.8 Å². The number of fused-ring (bicyclic) bond motifs is 1. The highest BCUT2D eigenvalue weighted by Gasteiger charge is 2.25. The zero-order valence-electron chi connectivity index (χ0n) is 10.9. The van der Waals surface area contributed by atoms with E-state index in [0.717, 1.165) is 24.3 Å². The summed E-state index contributed by atoms with van der Waals surface area (Å²) in [5, 5.41) is 7.82. The second-order valence-electron chi connectivity index (χ2n) is 4.93. The van der Waals surface area contributed by atoms with Gasteiger partial charge in [-0.15, -0.1) is 11.3 Å². The average molecular weight is 293 g/mol. The van der Waals surface area contributed by atoms with Crippen LogP contribution in [0.25, 0.3) is 0 Å². The molecule has 0 fully saturated rings. The smallest absolute Gasteiger partial charge is 0.109 e. The SMILES string of the molecule is CCC(NC1CCc2cc(Cl)ccc21)c1nccs1. The van der Waals surface area contributed by atoms with Crippen molar-refractivity contribution in [3.05, 3.63) is 50.9 Å². The van der Waals surface area contributed by atoms with Crippen molar-refractivity contribution in [3.8, 4) is 0 Å². The zero-order chi connectivity index (χ0) is 13.2. The van der Waals surface area contributed by atoms with Gasteiger partial charge >= 0.3 is 0 Å².